The maximum atomic E-state index is 12.7. The summed E-state index contributed by atoms with van der Waals surface area (Å²) in [5, 5.41) is 14.1. The first-order valence-corrected chi connectivity index (χ1v) is 11.4. The van der Waals surface area contributed by atoms with Gasteiger partial charge in [-0.1, -0.05) is 25.6 Å². The van der Waals surface area contributed by atoms with Gasteiger partial charge in [-0.3, -0.25) is 19.5 Å². The molecule has 1 aromatic carbocycles. The molecule has 0 aliphatic heterocycles. The van der Waals surface area contributed by atoms with Gasteiger partial charge in [0.25, 0.3) is 5.69 Å². The Labute approximate surface area is 185 Å². The molecule has 166 valence electrons. The molecule has 10 heteroatoms. The van der Waals surface area contributed by atoms with Crippen LogP contribution in [0, 0.1) is 10.1 Å². The second kappa shape index (κ2) is 10.5. The normalized spacial score (nSPS) is 12.7. The molecule has 0 saturated carbocycles. The molecule has 0 spiro atoms. The van der Waals surface area contributed by atoms with Gasteiger partial charge < -0.3 is 10.2 Å². The van der Waals surface area contributed by atoms with Gasteiger partial charge in [0.1, 0.15) is 5.03 Å². The van der Waals surface area contributed by atoms with Gasteiger partial charge >= 0.3 is 5.69 Å². The van der Waals surface area contributed by atoms with Crippen molar-refractivity contribution in [3.8, 4) is 0 Å². The predicted octanol–water partition coefficient (Wildman–Crippen LogP) is 2.71. The topological polar surface area (TPSA) is 110 Å². The van der Waals surface area contributed by atoms with Gasteiger partial charge in [-0.15, -0.1) is 0 Å². The van der Waals surface area contributed by atoms with Crippen molar-refractivity contribution in [1.29, 1.82) is 0 Å². The number of benzene rings is 1. The smallest absolute Gasteiger partial charge is 0.325 e. The second-order valence-corrected chi connectivity index (χ2v) is 8.26. The number of hydrogen-bond donors (Lipinski definition) is 1. The second-order valence-electron chi connectivity index (χ2n) is 7.30. The summed E-state index contributed by atoms with van der Waals surface area (Å²) in [5.74, 6) is -0.141. The van der Waals surface area contributed by atoms with E-state index in [1.165, 1.54) is 36.0 Å². The van der Waals surface area contributed by atoms with Crippen LogP contribution in [0.5, 0.6) is 0 Å². The maximum absolute atomic E-state index is 12.7. The molecular weight excluding hydrogens is 418 g/mol. The number of nitrogens with zero attached hydrogens (tertiary/aromatic N) is 4. The molecule has 0 atom stereocenters. The van der Waals surface area contributed by atoms with Gasteiger partial charge in [0, 0.05) is 42.2 Å². The van der Waals surface area contributed by atoms with Crippen LogP contribution in [0.4, 0.5) is 11.4 Å². The Morgan fingerprint density at radius 1 is 1.26 bits per heavy atom. The first-order valence-electron chi connectivity index (χ1n) is 10.4. The summed E-state index contributed by atoms with van der Waals surface area (Å²) < 4.78 is 1.79. The number of nitro groups is 1. The van der Waals surface area contributed by atoms with E-state index in [0.717, 1.165) is 50.2 Å². The van der Waals surface area contributed by atoms with Gasteiger partial charge in [0.05, 0.1) is 10.7 Å². The molecule has 0 saturated heterocycles. The van der Waals surface area contributed by atoms with Crippen LogP contribution in [-0.4, -0.2) is 50.7 Å². The van der Waals surface area contributed by atoms with Gasteiger partial charge in [-0.25, -0.2) is 4.79 Å². The van der Waals surface area contributed by atoms with E-state index in [-0.39, 0.29) is 23.0 Å². The van der Waals surface area contributed by atoms with E-state index < -0.39 is 4.92 Å². The predicted molar refractivity (Wildman–Crippen MR) is 121 cm³/mol. The molecule has 2 aromatic rings. The quantitative estimate of drug-likeness (QED) is 0.259. The Morgan fingerprint density at radius 2 is 1.97 bits per heavy atom. The number of hydrogen-bond acceptors (Lipinski definition) is 7. The van der Waals surface area contributed by atoms with Crippen LogP contribution < -0.4 is 11.0 Å². The summed E-state index contributed by atoms with van der Waals surface area (Å²) >= 11 is 1.26. The fourth-order valence-corrected chi connectivity index (χ4v) is 4.59. The summed E-state index contributed by atoms with van der Waals surface area (Å²) in [6, 6.07) is 5.67. The Balaban J connectivity index is 1.66. The molecule has 0 fully saturated rings. The van der Waals surface area contributed by atoms with Crippen LogP contribution in [0.2, 0.25) is 0 Å². The third kappa shape index (κ3) is 5.71. The monoisotopic (exact) mass is 445 g/mol. The van der Waals surface area contributed by atoms with Crippen molar-refractivity contribution in [2.24, 2.45) is 0 Å². The number of carbonyl (C=O) groups is 1. The lowest BCUT2D eigenvalue weighted by Crippen LogP contribution is -2.34. The lowest BCUT2D eigenvalue weighted by atomic mass is 10.2. The molecule has 31 heavy (non-hydrogen) atoms. The van der Waals surface area contributed by atoms with Gasteiger partial charge in [-0.2, -0.15) is 4.98 Å². The fraction of sp³-hybridized carbons (Fsp3) is 0.476. The zero-order valence-corrected chi connectivity index (χ0v) is 18.6. The van der Waals surface area contributed by atoms with Crippen molar-refractivity contribution in [3.05, 3.63) is 56.1 Å². The summed E-state index contributed by atoms with van der Waals surface area (Å²) in [7, 11) is 0. The molecule has 1 heterocycles. The summed E-state index contributed by atoms with van der Waals surface area (Å²) in [6.07, 6.45) is 2.70. The first-order chi connectivity index (χ1) is 14.9. The Hall–Kier alpha value is -2.72. The molecular formula is C21H27N5O4S. The average molecular weight is 446 g/mol. The number of thioether (sulfide) groups is 1. The number of rotatable bonds is 10. The number of nitrogens with one attached hydrogen (secondary N) is 1. The number of amides is 1. The number of carbonyl (C=O) groups excluding carboxylic acids is 1. The van der Waals surface area contributed by atoms with Crippen molar-refractivity contribution in [1.82, 2.24) is 14.5 Å². The highest BCUT2D eigenvalue weighted by Crippen LogP contribution is 2.29. The Morgan fingerprint density at radius 3 is 2.61 bits per heavy atom. The Kier molecular flexibility index (Phi) is 7.80. The molecule has 1 aliphatic rings. The molecule has 0 radical (unpaired) electrons. The van der Waals surface area contributed by atoms with Gasteiger partial charge in [0.15, 0.2) is 0 Å². The average Bonchev–Trinajstić information content (AvgIpc) is 3.24. The summed E-state index contributed by atoms with van der Waals surface area (Å²) in [4.78, 5) is 41.8. The van der Waals surface area contributed by atoms with Crippen molar-refractivity contribution < 1.29 is 9.72 Å². The Bertz CT molecular complexity index is 1000. The van der Waals surface area contributed by atoms with Crippen molar-refractivity contribution in [3.63, 3.8) is 0 Å². The van der Waals surface area contributed by atoms with Gasteiger partial charge in [-0.05, 0) is 44.5 Å². The van der Waals surface area contributed by atoms with Crippen LogP contribution in [0.25, 0.3) is 0 Å². The van der Waals surface area contributed by atoms with E-state index in [1.807, 2.05) is 0 Å². The van der Waals surface area contributed by atoms with Gasteiger partial charge in [0.2, 0.25) is 5.91 Å². The first kappa shape index (κ1) is 23.0. The number of anilines is 1. The molecule has 1 N–H and O–H groups in total. The number of likely N-dealkylation sites (N-methyl/N-ethyl adjacent to an activating group) is 1. The molecule has 0 bridgehead atoms. The van der Waals surface area contributed by atoms with E-state index in [9.17, 15) is 19.7 Å². The zero-order valence-electron chi connectivity index (χ0n) is 17.8. The third-order valence-corrected chi connectivity index (χ3v) is 6.45. The highest BCUT2D eigenvalue weighted by molar-refractivity contribution is 8.00. The largest absolute Gasteiger partial charge is 0.348 e. The van der Waals surface area contributed by atoms with Crippen molar-refractivity contribution >= 4 is 29.0 Å². The van der Waals surface area contributed by atoms with Crippen molar-refractivity contribution in [2.45, 2.75) is 44.7 Å². The molecule has 3 rings (SSSR count). The standard InChI is InChI=1S/C21H27N5O4S/c1-3-24(4-2)12-13-25-18-7-5-6-17(18)20(23-21(25)28)31-14-19(27)22-15-8-10-16(11-9-15)26(29)30/h8-11H,3-7,12-14H2,1-2H3,(H,22,27). The number of aromatic nitrogens is 2. The zero-order chi connectivity index (χ0) is 22.4. The SMILES string of the molecule is CCN(CC)CCn1c2c(c(SCC(=O)Nc3ccc([N+](=O)[O-])cc3)nc1=O)CCC2. The lowest BCUT2D eigenvalue weighted by Gasteiger charge is -2.20. The maximum Gasteiger partial charge on any atom is 0.348 e. The number of non-ortho nitro benzene ring substituents is 1. The van der Waals surface area contributed by atoms with E-state index in [4.69, 9.17) is 0 Å². The van der Waals surface area contributed by atoms with E-state index in [0.29, 0.717) is 17.3 Å². The minimum Gasteiger partial charge on any atom is -0.325 e. The van der Waals surface area contributed by atoms with E-state index in [2.05, 4.69) is 29.0 Å². The van der Waals surface area contributed by atoms with Crippen LogP contribution in [-0.2, 0) is 24.2 Å². The number of nitro benzene ring substituents is 1. The minimum absolute atomic E-state index is 0.0336. The van der Waals surface area contributed by atoms with Crippen LogP contribution >= 0.6 is 11.8 Å². The van der Waals surface area contributed by atoms with Crippen molar-refractivity contribution in [2.75, 3.05) is 30.7 Å². The molecule has 1 aromatic heterocycles. The molecule has 1 aliphatic carbocycles. The number of fused-ring (bicyclic) bond motifs is 1. The van der Waals surface area contributed by atoms with Crippen LogP contribution in [0.3, 0.4) is 0 Å². The minimum atomic E-state index is -0.488. The highest BCUT2D eigenvalue weighted by Gasteiger charge is 2.22. The summed E-state index contributed by atoms with van der Waals surface area (Å²) in [6.45, 7) is 7.54. The van der Waals surface area contributed by atoms with Crippen LogP contribution in [0.1, 0.15) is 31.5 Å². The lowest BCUT2D eigenvalue weighted by molar-refractivity contribution is -0.384. The third-order valence-electron chi connectivity index (χ3n) is 5.44. The van der Waals surface area contributed by atoms with E-state index in [1.54, 1.807) is 4.57 Å². The van der Waals surface area contributed by atoms with E-state index >= 15 is 0 Å². The fourth-order valence-electron chi connectivity index (χ4n) is 3.71. The summed E-state index contributed by atoms with van der Waals surface area (Å²) in [5.41, 5.74) is 2.32. The molecule has 0 unspecified atom stereocenters. The molecule has 1 amide bonds. The van der Waals surface area contributed by atoms with Crippen LogP contribution in [0.15, 0.2) is 34.1 Å². The highest BCUT2D eigenvalue weighted by atomic mass is 32.2. The molecule has 9 nitrogen and oxygen atoms in total.